The van der Waals surface area contributed by atoms with Gasteiger partial charge in [-0.25, -0.2) is 9.97 Å². The summed E-state index contributed by atoms with van der Waals surface area (Å²) in [4.78, 5) is 11.1. The Kier molecular flexibility index (Phi) is 6.07. The highest BCUT2D eigenvalue weighted by Gasteiger charge is 2.15. The predicted molar refractivity (Wildman–Crippen MR) is 78.3 cm³/mol. The molecular formula is C14H23N3OS. The van der Waals surface area contributed by atoms with Gasteiger partial charge in [0, 0.05) is 44.3 Å². The molecule has 1 fully saturated rings. The molecule has 1 aliphatic rings. The molecule has 0 bridgehead atoms. The van der Waals surface area contributed by atoms with Crippen molar-refractivity contribution in [2.75, 3.05) is 32.6 Å². The molecule has 1 aliphatic heterocycles. The molecule has 2 heterocycles. The quantitative estimate of drug-likeness (QED) is 0.591. The molecule has 0 spiro atoms. The van der Waals surface area contributed by atoms with E-state index in [9.17, 15) is 0 Å². The minimum atomic E-state index is 0.773. The van der Waals surface area contributed by atoms with Crippen LogP contribution in [0, 0.1) is 5.92 Å². The van der Waals surface area contributed by atoms with Crippen molar-refractivity contribution < 1.29 is 4.74 Å². The fraction of sp³-hybridized carbons (Fsp3) is 0.714. The SMILES string of the molecule is CCSc1ncc(CN(C)CC2CCOCC2)cn1. The van der Waals surface area contributed by atoms with E-state index in [4.69, 9.17) is 4.74 Å². The number of rotatable bonds is 6. The zero-order valence-corrected chi connectivity index (χ0v) is 12.7. The number of aromatic nitrogens is 2. The van der Waals surface area contributed by atoms with E-state index in [0.29, 0.717) is 0 Å². The first kappa shape index (κ1) is 14.8. The number of ether oxygens (including phenoxy) is 1. The average Bonchev–Trinajstić information content (AvgIpc) is 2.42. The first-order valence-electron chi connectivity index (χ1n) is 6.98. The van der Waals surface area contributed by atoms with Crippen LogP contribution in [0.2, 0.25) is 0 Å². The zero-order chi connectivity index (χ0) is 13.5. The highest BCUT2D eigenvalue weighted by molar-refractivity contribution is 7.99. The second-order valence-corrected chi connectivity index (χ2v) is 6.29. The Hall–Kier alpha value is -0.650. The lowest BCUT2D eigenvalue weighted by Crippen LogP contribution is -2.29. The molecule has 0 saturated carbocycles. The number of thioether (sulfide) groups is 1. The zero-order valence-electron chi connectivity index (χ0n) is 11.8. The van der Waals surface area contributed by atoms with Gasteiger partial charge in [-0.3, -0.25) is 0 Å². The van der Waals surface area contributed by atoms with Crippen molar-refractivity contribution in [3.63, 3.8) is 0 Å². The third-order valence-corrected chi connectivity index (χ3v) is 4.08. The van der Waals surface area contributed by atoms with Gasteiger partial charge in [0.2, 0.25) is 0 Å². The van der Waals surface area contributed by atoms with Crippen LogP contribution in [-0.2, 0) is 11.3 Å². The molecule has 0 amide bonds. The number of hydrogen-bond donors (Lipinski definition) is 0. The first-order chi connectivity index (χ1) is 9.28. The Morgan fingerprint density at radius 3 is 2.63 bits per heavy atom. The van der Waals surface area contributed by atoms with Gasteiger partial charge in [-0.1, -0.05) is 18.7 Å². The van der Waals surface area contributed by atoms with Crippen LogP contribution in [0.1, 0.15) is 25.3 Å². The van der Waals surface area contributed by atoms with Crippen LogP contribution in [0.25, 0.3) is 0 Å². The van der Waals surface area contributed by atoms with E-state index < -0.39 is 0 Å². The lowest BCUT2D eigenvalue weighted by atomic mass is 10.00. The van der Waals surface area contributed by atoms with Gasteiger partial charge < -0.3 is 9.64 Å². The van der Waals surface area contributed by atoms with Crippen LogP contribution in [0.5, 0.6) is 0 Å². The fourth-order valence-electron chi connectivity index (χ4n) is 2.37. The minimum absolute atomic E-state index is 0.773. The minimum Gasteiger partial charge on any atom is -0.381 e. The molecule has 0 atom stereocenters. The lowest BCUT2D eigenvalue weighted by molar-refractivity contribution is 0.0549. The van der Waals surface area contributed by atoms with Crippen molar-refractivity contribution in [3.05, 3.63) is 18.0 Å². The van der Waals surface area contributed by atoms with Crippen LogP contribution in [-0.4, -0.2) is 47.4 Å². The molecule has 106 valence electrons. The summed E-state index contributed by atoms with van der Waals surface area (Å²) in [5.41, 5.74) is 1.19. The summed E-state index contributed by atoms with van der Waals surface area (Å²) in [6.45, 7) is 6.02. The van der Waals surface area contributed by atoms with Crippen molar-refractivity contribution in [1.82, 2.24) is 14.9 Å². The number of hydrogen-bond acceptors (Lipinski definition) is 5. The topological polar surface area (TPSA) is 38.2 Å². The summed E-state index contributed by atoms with van der Waals surface area (Å²) in [6, 6.07) is 0. The van der Waals surface area contributed by atoms with E-state index in [1.165, 1.54) is 18.4 Å². The normalized spacial score (nSPS) is 17.0. The van der Waals surface area contributed by atoms with Gasteiger partial charge in [-0.15, -0.1) is 0 Å². The molecular weight excluding hydrogens is 258 g/mol. The van der Waals surface area contributed by atoms with Gasteiger partial charge in [0.1, 0.15) is 0 Å². The molecule has 0 aliphatic carbocycles. The lowest BCUT2D eigenvalue weighted by Gasteiger charge is -2.27. The third kappa shape index (κ3) is 5.09. The first-order valence-corrected chi connectivity index (χ1v) is 7.96. The molecule has 2 rings (SSSR count). The standard InChI is InChI=1S/C14H23N3OS/c1-3-19-14-15-8-13(9-16-14)11-17(2)10-12-4-6-18-7-5-12/h8-9,12H,3-7,10-11H2,1-2H3. The monoisotopic (exact) mass is 281 g/mol. The van der Waals surface area contributed by atoms with Gasteiger partial charge in [0.25, 0.3) is 0 Å². The second kappa shape index (κ2) is 7.82. The highest BCUT2D eigenvalue weighted by Crippen LogP contribution is 2.17. The Bertz CT molecular complexity index is 365. The average molecular weight is 281 g/mol. The summed E-state index contributed by atoms with van der Waals surface area (Å²) in [5, 5.41) is 0.873. The van der Waals surface area contributed by atoms with E-state index in [0.717, 1.165) is 43.1 Å². The van der Waals surface area contributed by atoms with Crippen LogP contribution in [0.4, 0.5) is 0 Å². The molecule has 1 aromatic rings. The van der Waals surface area contributed by atoms with Crippen molar-refractivity contribution in [2.45, 2.75) is 31.5 Å². The summed E-state index contributed by atoms with van der Waals surface area (Å²) >= 11 is 1.68. The van der Waals surface area contributed by atoms with Gasteiger partial charge in [0.15, 0.2) is 5.16 Å². The predicted octanol–water partition coefficient (Wildman–Crippen LogP) is 2.45. The molecule has 4 nitrogen and oxygen atoms in total. The maximum absolute atomic E-state index is 5.39. The van der Waals surface area contributed by atoms with E-state index in [2.05, 4.69) is 28.8 Å². The third-order valence-electron chi connectivity index (χ3n) is 3.32. The molecule has 0 N–H and O–H groups in total. The molecule has 0 radical (unpaired) electrons. The smallest absolute Gasteiger partial charge is 0.187 e. The van der Waals surface area contributed by atoms with Gasteiger partial charge in [0.05, 0.1) is 0 Å². The van der Waals surface area contributed by atoms with Crippen molar-refractivity contribution in [1.29, 1.82) is 0 Å². The maximum atomic E-state index is 5.39. The van der Waals surface area contributed by atoms with Crippen LogP contribution in [0.3, 0.4) is 0 Å². The Labute approximate surface area is 120 Å². The largest absolute Gasteiger partial charge is 0.381 e. The second-order valence-electron chi connectivity index (χ2n) is 5.06. The number of nitrogens with zero attached hydrogens (tertiary/aromatic N) is 3. The van der Waals surface area contributed by atoms with Crippen molar-refractivity contribution in [2.24, 2.45) is 5.92 Å². The van der Waals surface area contributed by atoms with E-state index in [1.807, 2.05) is 12.4 Å². The highest BCUT2D eigenvalue weighted by atomic mass is 32.2. The van der Waals surface area contributed by atoms with E-state index in [-0.39, 0.29) is 0 Å². The maximum Gasteiger partial charge on any atom is 0.187 e. The Morgan fingerprint density at radius 1 is 1.32 bits per heavy atom. The fourth-order valence-corrected chi connectivity index (χ4v) is 2.89. The van der Waals surface area contributed by atoms with Gasteiger partial charge in [-0.05, 0) is 31.6 Å². The summed E-state index contributed by atoms with van der Waals surface area (Å²) in [6.07, 6.45) is 6.27. The van der Waals surface area contributed by atoms with E-state index >= 15 is 0 Å². The molecule has 0 aromatic carbocycles. The molecule has 1 aromatic heterocycles. The van der Waals surface area contributed by atoms with Crippen LogP contribution in [0.15, 0.2) is 17.6 Å². The molecule has 5 heteroatoms. The van der Waals surface area contributed by atoms with Crippen LogP contribution >= 0.6 is 11.8 Å². The molecule has 19 heavy (non-hydrogen) atoms. The van der Waals surface area contributed by atoms with Crippen LogP contribution < -0.4 is 0 Å². The molecule has 1 saturated heterocycles. The van der Waals surface area contributed by atoms with Gasteiger partial charge >= 0.3 is 0 Å². The Morgan fingerprint density at radius 2 is 2.00 bits per heavy atom. The summed E-state index contributed by atoms with van der Waals surface area (Å²) in [5.74, 6) is 1.79. The summed E-state index contributed by atoms with van der Waals surface area (Å²) in [7, 11) is 2.17. The van der Waals surface area contributed by atoms with Crippen molar-refractivity contribution in [3.8, 4) is 0 Å². The Balaban J connectivity index is 1.78. The van der Waals surface area contributed by atoms with Gasteiger partial charge in [-0.2, -0.15) is 0 Å². The molecule has 0 unspecified atom stereocenters. The van der Waals surface area contributed by atoms with E-state index in [1.54, 1.807) is 11.8 Å². The van der Waals surface area contributed by atoms with Crippen molar-refractivity contribution >= 4 is 11.8 Å². The summed E-state index contributed by atoms with van der Waals surface area (Å²) < 4.78 is 5.39.